The van der Waals surface area contributed by atoms with Crippen LogP contribution in [0, 0.1) is 0 Å². The number of rotatable bonds is 2. The van der Waals surface area contributed by atoms with Crippen molar-refractivity contribution in [2.24, 2.45) is 7.05 Å². The second kappa shape index (κ2) is 4.24. The third-order valence-electron chi connectivity index (χ3n) is 3.36. The van der Waals surface area contributed by atoms with Gasteiger partial charge >= 0.3 is 0 Å². The van der Waals surface area contributed by atoms with Gasteiger partial charge in [0, 0.05) is 37.6 Å². The van der Waals surface area contributed by atoms with E-state index in [9.17, 15) is 0 Å². The van der Waals surface area contributed by atoms with E-state index in [4.69, 9.17) is 0 Å². The van der Waals surface area contributed by atoms with Crippen molar-refractivity contribution in [2.45, 2.75) is 12.8 Å². The topological polar surface area (TPSA) is 21.1 Å². The van der Waals surface area contributed by atoms with Gasteiger partial charge in [-0.1, -0.05) is 12.1 Å². The highest BCUT2D eigenvalue weighted by Crippen LogP contribution is 2.26. The van der Waals surface area contributed by atoms with E-state index < -0.39 is 0 Å². The van der Waals surface area contributed by atoms with Gasteiger partial charge in [-0.15, -0.1) is 0 Å². The molecule has 0 atom stereocenters. The van der Waals surface area contributed by atoms with E-state index in [1.54, 1.807) is 0 Å². The zero-order valence-electron chi connectivity index (χ0n) is 10.1. The summed E-state index contributed by atoms with van der Waals surface area (Å²) < 4.78 is 1.85. The molecular weight excluding hydrogens is 210 g/mol. The van der Waals surface area contributed by atoms with E-state index in [0.717, 1.165) is 0 Å². The van der Waals surface area contributed by atoms with Crippen LogP contribution in [0.4, 0.5) is 5.69 Å². The Morgan fingerprint density at radius 1 is 1.12 bits per heavy atom. The maximum Gasteiger partial charge on any atom is 0.0568 e. The number of aryl methyl sites for hydroxylation is 1. The van der Waals surface area contributed by atoms with Gasteiger partial charge in [0.2, 0.25) is 0 Å². The summed E-state index contributed by atoms with van der Waals surface area (Å²) in [6.07, 6.45) is 6.61. The van der Waals surface area contributed by atoms with Gasteiger partial charge in [-0.3, -0.25) is 4.68 Å². The molecule has 1 aliphatic heterocycles. The molecule has 1 saturated heterocycles. The highest BCUT2D eigenvalue weighted by molar-refractivity contribution is 5.67. The number of nitrogens with zero attached hydrogens (tertiary/aromatic N) is 3. The van der Waals surface area contributed by atoms with Crippen LogP contribution in [-0.2, 0) is 7.05 Å². The maximum atomic E-state index is 4.22. The maximum absolute atomic E-state index is 4.22. The molecule has 1 aromatic heterocycles. The first kappa shape index (κ1) is 10.4. The normalized spacial score (nSPS) is 15.5. The molecule has 3 heteroatoms. The average Bonchev–Trinajstić information content (AvgIpc) is 3.00. The summed E-state index contributed by atoms with van der Waals surface area (Å²) in [6.45, 7) is 2.38. The summed E-state index contributed by atoms with van der Waals surface area (Å²) in [5, 5.41) is 4.22. The highest BCUT2D eigenvalue weighted by atomic mass is 15.2. The molecule has 1 fully saturated rings. The smallest absolute Gasteiger partial charge is 0.0568 e. The number of hydrogen-bond donors (Lipinski definition) is 0. The summed E-state index contributed by atoms with van der Waals surface area (Å²) in [5.41, 5.74) is 3.78. The fourth-order valence-electron chi connectivity index (χ4n) is 2.43. The Kier molecular flexibility index (Phi) is 2.59. The Hall–Kier alpha value is -1.77. The van der Waals surface area contributed by atoms with Crippen molar-refractivity contribution in [1.82, 2.24) is 9.78 Å². The van der Waals surface area contributed by atoms with Gasteiger partial charge in [0.15, 0.2) is 0 Å². The van der Waals surface area contributed by atoms with E-state index in [0.29, 0.717) is 0 Å². The Morgan fingerprint density at radius 3 is 2.65 bits per heavy atom. The van der Waals surface area contributed by atoms with Crippen LogP contribution in [0.15, 0.2) is 36.7 Å². The first-order valence-electron chi connectivity index (χ1n) is 6.17. The van der Waals surface area contributed by atoms with Crippen LogP contribution in [0.25, 0.3) is 11.1 Å². The van der Waals surface area contributed by atoms with Crippen molar-refractivity contribution in [1.29, 1.82) is 0 Å². The summed E-state index contributed by atoms with van der Waals surface area (Å²) in [4.78, 5) is 2.46. The molecule has 3 rings (SSSR count). The van der Waals surface area contributed by atoms with Gasteiger partial charge in [0.1, 0.15) is 0 Å². The zero-order valence-corrected chi connectivity index (χ0v) is 10.1. The predicted octanol–water partition coefficient (Wildman–Crippen LogP) is 2.69. The molecule has 2 heterocycles. The minimum atomic E-state index is 1.19. The quantitative estimate of drug-likeness (QED) is 0.786. The molecule has 1 aliphatic rings. The summed E-state index contributed by atoms with van der Waals surface area (Å²) in [6, 6.07) is 8.75. The molecule has 0 spiro atoms. The van der Waals surface area contributed by atoms with Gasteiger partial charge in [-0.2, -0.15) is 5.10 Å². The largest absolute Gasteiger partial charge is 0.372 e. The van der Waals surface area contributed by atoms with Crippen LogP contribution in [0.5, 0.6) is 0 Å². The van der Waals surface area contributed by atoms with Crippen molar-refractivity contribution in [2.75, 3.05) is 18.0 Å². The average molecular weight is 227 g/mol. The van der Waals surface area contributed by atoms with Crippen molar-refractivity contribution in [3.05, 3.63) is 36.7 Å². The molecule has 0 aliphatic carbocycles. The minimum Gasteiger partial charge on any atom is -0.372 e. The van der Waals surface area contributed by atoms with E-state index in [1.807, 2.05) is 17.9 Å². The highest BCUT2D eigenvalue weighted by Gasteiger charge is 2.12. The first-order chi connectivity index (χ1) is 8.33. The van der Waals surface area contributed by atoms with E-state index in [1.165, 1.54) is 42.7 Å². The second-order valence-electron chi connectivity index (χ2n) is 4.65. The second-order valence-corrected chi connectivity index (χ2v) is 4.65. The lowest BCUT2D eigenvalue weighted by molar-refractivity contribution is 0.768. The molecule has 2 aromatic rings. The molecule has 17 heavy (non-hydrogen) atoms. The molecular formula is C14H17N3. The lowest BCUT2D eigenvalue weighted by atomic mass is 10.1. The fourth-order valence-corrected chi connectivity index (χ4v) is 2.43. The lowest BCUT2D eigenvalue weighted by Gasteiger charge is -2.18. The van der Waals surface area contributed by atoms with Gasteiger partial charge in [-0.05, 0) is 30.5 Å². The summed E-state index contributed by atoms with van der Waals surface area (Å²) in [7, 11) is 1.95. The molecule has 88 valence electrons. The molecule has 0 saturated carbocycles. The number of anilines is 1. The van der Waals surface area contributed by atoms with E-state index in [-0.39, 0.29) is 0 Å². The summed E-state index contributed by atoms with van der Waals surface area (Å²) in [5.74, 6) is 0. The molecule has 0 N–H and O–H groups in total. The lowest BCUT2D eigenvalue weighted by Crippen LogP contribution is -2.17. The molecule has 0 amide bonds. The third kappa shape index (κ3) is 2.05. The van der Waals surface area contributed by atoms with Crippen LogP contribution in [-0.4, -0.2) is 22.9 Å². The number of hydrogen-bond acceptors (Lipinski definition) is 2. The van der Waals surface area contributed by atoms with Gasteiger partial charge in [0.05, 0.1) is 6.20 Å². The zero-order chi connectivity index (χ0) is 11.7. The van der Waals surface area contributed by atoms with Crippen molar-refractivity contribution in [3.63, 3.8) is 0 Å². The van der Waals surface area contributed by atoms with Gasteiger partial charge < -0.3 is 4.90 Å². The minimum absolute atomic E-state index is 1.19. The van der Waals surface area contributed by atoms with Crippen LogP contribution >= 0.6 is 0 Å². The molecule has 0 radical (unpaired) electrons. The molecule has 0 bridgehead atoms. The first-order valence-corrected chi connectivity index (χ1v) is 6.17. The SMILES string of the molecule is Cn1cc(-c2cccc(N3CCCC3)c2)cn1. The Bertz CT molecular complexity index is 510. The Morgan fingerprint density at radius 2 is 1.94 bits per heavy atom. The van der Waals surface area contributed by atoms with Gasteiger partial charge in [-0.25, -0.2) is 0 Å². The standard InChI is InChI=1S/C14H17N3/c1-16-11-13(10-15-16)12-5-4-6-14(9-12)17-7-2-3-8-17/h4-6,9-11H,2-3,7-8H2,1H3. The molecule has 1 aromatic carbocycles. The van der Waals surface area contributed by atoms with E-state index in [2.05, 4.69) is 40.5 Å². The van der Waals surface area contributed by atoms with Crippen molar-refractivity contribution >= 4 is 5.69 Å². The summed E-state index contributed by atoms with van der Waals surface area (Å²) >= 11 is 0. The Labute approximate surface area is 102 Å². The fraction of sp³-hybridized carbons (Fsp3) is 0.357. The predicted molar refractivity (Wildman–Crippen MR) is 70.1 cm³/mol. The molecule has 0 unspecified atom stereocenters. The van der Waals surface area contributed by atoms with Crippen molar-refractivity contribution in [3.8, 4) is 11.1 Å². The van der Waals surface area contributed by atoms with E-state index >= 15 is 0 Å². The number of benzene rings is 1. The van der Waals surface area contributed by atoms with Crippen LogP contribution in [0.3, 0.4) is 0 Å². The van der Waals surface area contributed by atoms with Gasteiger partial charge in [0.25, 0.3) is 0 Å². The monoisotopic (exact) mass is 227 g/mol. The van der Waals surface area contributed by atoms with Crippen molar-refractivity contribution < 1.29 is 0 Å². The number of aromatic nitrogens is 2. The third-order valence-corrected chi connectivity index (χ3v) is 3.36. The van der Waals surface area contributed by atoms with Crippen LogP contribution < -0.4 is 4.90 Å². The van der Waals surface area contributed by atoms with Crippen LogP contribution in [0.2, 0.25) is 0 Å². The van der Waals surface area contributed by atoms with Crippen LogP contribution in [0.1, 0.15) is 12.8 Å². The molecule has 3 nitrogen and oxygen atoms in total. The Balaban J connectivity index is 1.93.